The molecule has 0 saturated carbocycles. The molecule has 1 heterocycles. The number of carbonyl (C=O) groups is 1. The average Bonchev–Trinajstić information content (AvgIpc) is 2.44. The van der Waals surface area contributed by atoms with E-state index in [0.717, 1.165) is 0 Å². The monoisotopic (exact) mass is 238 g/mol. The molecule has 1 aliphatic heterocycles. The van der Waals surface area contributed by atoms with Gasteiger partial charge in [-0.25, -0.2) is 13.2 Å². The Morgan fingerprint density at radius 1 is 1.47 bits per heavy atom. The smallest absolute Gasteiger partial charge is 0.337 e. The van der Waals surface area contributed by atoms with Gasteiger partial charge in [-0.3, -0.25) is 0 Å². The van der Waals surface area contributed by atoms with E-state index < -0.39 is 27.2 Å². The molecule has 1 atom stereocenters. The number of sulfone groups is 1. The lowest BCUT2D eigenvalue weighted by Crippen LogP contribution is -2.43. The van der Waals surface area contributed by atoms with Gasteiger partial charge in [0.25, 0.3) is 0 Å². The lowest BCUT2D eigenvalue weighted by Gasteiger charge is -2.22. The second-order valence-corrected chi connectivity index (χ2v) is 5.75. The maximum atomic E-state index is 11.2. The third-order valence-corrected chi connectivity index (χ3v) is 4.07. The summed E-state index contributed by atoms with van der Waals surface area (Å²) in [6.07, 6.45) is 0.283. The van der Waals surface area contributed by atoms with Crippen molar-refractivity contribution in [1.29, 1.82) is 0 Å². The molecule has 88 valence electrons. The number of carboxylic acid groups (broad SMARTS) is 1. The quantitative estimate of drug-likeness (QED) is 0.597. The molecule has 0 radical (unpaired) electrons. The fourth-order valence-electron chi connectivity index (χ4n) is 1.50. The van der Waals surface area contributed by atoms with Crippen molar-refractivity contribution in [2.75, 3.05) is 24.7 Å². The van der Waals surface area contributed by atoms with E-state index in [2.05, 4.69) is 0 Å². The molecule has 1 rings (SSSR count). The maximum Gasteiger partial charge on any atom is 0.337 e. The van der Waals surface area contributed by atoms with Crippen LogP contribution in [0.3, 0.4) is 0 Å². The Hall–Kier alpha value is -0.660. The van der Waals surface area contributed by atoms with Crippen molar-refractivity contribution in [2.24, 2.45) is 0 Å². The predicted molar refractivity (Wildman–Crippen MR) is 51.3 cm³/mol. The summed E-state index contributed by atoms with van der Waals surface area (Å²) in [5.41, 5.74) is -1.60. The van der Waals surface area contributed by atoms with Gasteiger partial charge in [-0.05, 0) is 6.42 Å². The molecule has 0 bridgehead atoms. The third kappa shape index (κ3) is 2.90. The van der Waals surface area contributed by atoms with Crippen LogP contribution in [-0.2, 0) is 19.4 Å². The zero-order valence-corrected chi connectivity index (χ0v) is 8.99. The summed E-state index contributed by atoms with van der Waals surface area (Å²) in [7, 11) is -3.30. The van der Waals surface area contributed by atoms with Crippen LogP contribution in [0, 0.1) is 0 Å². The standard InChI is InChI=1S/C8H14O6S/c9-3-1-4-14-8(7(10)11)2-5-15(12,13)6-8/h9H,1-6H2,(H,10,11). The summed E-state index contributed by atoms with van der Waals surface area (Å²) in [5.74, 6) is -1.87. The van der Waals surface area contributed by atoms with Crippen molar-refractivity contribution in [1.82, 2.24) is 0 Å². The zero-order chi connectivity index (χ0) is 11.5. The van der Waals surface area contributed by atoms with Crippen LogP contribution >= 0.6 is 0 Å². The molecule has 0 aromatic heterocycles. The molecule has 0 aliphatic carbocycles. The van der Waals surface area contributed by atoms with Gasteiger partial charge in [0.05, 0.1) is 18.1 Å². The minimum absolute atomic E-state index is 0.0178. The maximum absolute atomic E-state index is 11.2. The first-order chi connectivity index (χ1) is 6.92. The Bertz CT molecular complexity index is 335. The molecule has 0 aromatic carbocycles. The summed E-state index contributed by atoms with van der Waals surface area (Å²) in [5, 5.41) is 17.5. The van der Waals surface area contributed by atoms with E-state index in [1.807, 2.05) is 0 Å². The first kappa shape index (κ1) is 12.4. The van der Waals surface area contributed by atoms with Gasteiger partial charge in [0.2, 0.25) is 0 Å². The van der Waals surface area contributed by atoms with Crippen molar-refractivity contribution in [3.05, 3.63) is 0 Å². The van der Waals surface area contributed by atoms with Crippen molar-refractivity contribution in [3.8, 4) is 0 Å². The highest BCUT2D eigenvalue weighted by atomic mass is 32.2. The Kier molecular flexibility index (Phi) is 3.69. The highest BCUT2D eigenvalue weighted by Gasteiger charge is 2.49. The molecular weight excluding hydrogens is 224 g/mol. The number of aliphatic hydroxyl groups is 1. The largest absolute Gasteiger partial charge is 0.479 e. The summed E-state index contributed by atoms with van der Waals surface area (Å²) < 4.78 is 27.5. The molecule has 1 fully saturated rings. The Morgan fingerprint density at radius 2 is 2.13 bits per heavy atom. The second-order valence-electron chi connectivity index (χ2n) is 3.57. The lowest BCUT2D eigenvalue weighted by molar-refractivity contribution is -0.162. The molecule has 0 aromatic rings. The topological polar surface area (TPSA) is 101 Å². The van der Waals surface area contributed by atoms with Crippen LogP contribution in [0.5, 0.6) is 0 Å². The first-order valence-electron chi connectivity index (χ1n) is 4.60. The summed E-state index contributed by atoms with van der Waals surface area (Å²) >= 11 is 0. The van der Waals surface area contributed by atoms with Crippen LogP contribution in [-0.4, -0.2) is 54.9 Å². The molecule has 0 spiro atoms. The van der Waals surface area contributed by atoms with E-state index in [1.165, 1.54) is 0 Å². The van der Waals surface area contributed by atoms with Crippen molar-refractivity contribution in [2.45, 2.75) is 18.4 Å². The molecular formula is C8H14O6S. The van der Waals surface area contributed by atoms with Crippen LogP contribution in [0.15, 0.2) is 0 Å². The molecule has 2 N–H and O–H groups in total. The van der Waals surface area contributed by atoms with E-state index in [0.29, 0.717) is 6.42 Å². The molecule has 1 saturated heterocycles. The number of carboxylic acids is 1. The van der Waals surface area contributed by atoms with Gasteiger partial charge in [-0.15, -0.1) is 0 Å². The predicted octanol–water partition coefficient (Wildman–Crippen LogP) is -0.973. The summed E-state index contributed by atoms with van der Waals surface area (Å²) in [6, 6.07) is 0. The van der Waals surface area contributed by atoms with E-state index in [4.69, 9.17) is 14.9 Å². The summed E-state index contributed by atoms with van der Waals surface area (Å²) in [4.78, 5) is 11.0. The van der Waals surface area contributed by atoms with E-state index in [1.54, 1.807) is 0 Å². The minimum atomic E-state index is -3.30. The van der Waals surface area contributed by atoms with Crippen molar-refractivity contribution < 1.29 is 28.2 Å². The number of rotatable bonds is 5. The van der Waals surface area contributed by atoms with Gasteiger partial charge in [0.15, 0.2) is 15.4 Å². The third-order valence-electron chi connectivity index (χ3n) is 2.34. The van der Waals surface area contributed by atoms with Crippen molar-refractivity contribution in [3.63, 3.8) is 0 Å². The number of ether oxygens (including phenoxy) is 1. The molecule has 15 heavy (non-hydrogen) atoms. The van der Waals surface area contributed by atoms with Gasteiger partial charge in [0, 0.05) is 13.0 Å². The highest BCUT2D eigenvalue weighted by Crippen LogP contribution is 2.27. The number of aliphatic hydroxyl groups excluding tert-OH is 1. The number of hydrogen-bond acceptors (Lipinski definition) is 5. The van der Waals surface area contributed by atoms with Gasteiger partial charge in [-0.1, -0.05) is 0 Å². The van der Waals surface area contributed by atoms with E-state index in [-0.39, 0.29) is 25.4 Å². The van der Waals surface area contributed by atoms with Crippen LogP contribution < -0.4 is 0 Å². The van der Waals surface area contributed by atoms with Crippen LogP contribution in [0.2, 0.25) is 0 Å². The van der Waals surface area contributed by atoms with Crippen LogP contribution in [0.4, 0.5) is 0 Å². The zero-order valence-electron chi connectivity index (χ0n) is 8.18. The molecule has 6 nitrogen and oxygen atoms in total. The average molecular weight is 238 g/mol. The Labute approximate surface area is 87.8 Å². The fraction of sp³-hybridized carbons (Fsp3) is 0.875. The molecule has 0 amide bonds. The van der Waals surface area contributed by atoms with Gasteiger partial charge >= 0.3 is 5.97 Å². The number of aliphatic carboxylic acids is 1. The Morgan fingerprint density at radius 3 is 2.53 bits per heavy atom. The second kappa shape index (κ2) is 4.46. The van der Waals surface area contributed by atoms with Crippen LogP contribution in [0.1, 0.15) is 12.8 Å². The van der Waals surface area contributed by atoms with Gasteiger partial charge in [0.1, 0.15) is 0 Å². The van der Waals surface area contributed by atoms with Gasteiger partial charge < -0.3 is 14.9 Å². The highest BCUT2D eigenvalue weighted by molar-refractivity contribution is 7.91. The summed E-state index contributed by atoms with van der Waals surface area (Å²) in [6.45, 7) is -0.0548. The SMILES string of the molecule is O=C(O)C1(OCCCO)CCS(=O)(=O)C1. The van der Waals surface area contributed by atoms with E-state index >= 15 is 0 Å². The van der Waals surface area contributed by atoms with Gasteiger partial charge in [-0.2, -0.15) is 0 Å². The normalized spacial score (nSPS) is 29.1. The minimum Gasteiger partial charge on any atom is -0.479 e. The number of hydrogen-bond donors (Lipinski definition) is 2. The lowest BCUT2D eigenvalue weighted by atomic mass is 10.0. The first-order valence-corrected chi connectivity index (χ1v) is 6.43. The van der Waals surface area contributed by atoms with E-state index in [9.17, 15) is 13.2 Å². The Balaban J connectivity index is 2.70. The molecule has 1 unspecified atom stereocenters. The fourth-order valence-corrected chi connectivity index (χ4v) is 3.34. The van der Waals surface area contributed by atoms with Crippen LogP contribution in [0.25, 0.3) is 0 Å². The van der Waals surface area contributed by atoms with Crippen molar-refractivity contribution >= 4 is 15.8 Å². The molecule has 1 aliphatic rings. The molecule has 7 heteroatoms.